The summed E-state index contributed by atoms with van der Waals surface area (Å²) in [5, 5.41) is 3.27. The molecule has 1 aromatic carbocycles. The second-order valence-electron chi connectivity index (χ2n) is 4.84. The van der Waals surface area contributed by atoms with Gasteiger partial charge in [-0.15, -0.1) is 6.58 Å². The maximum absolute atomic E-state index is 4.50. The van der Waals surface area contributed by atoms with Crippen LogP contribution in [-0.2, 0) is 6.54 Å². The molecule has 0 fully saturated rings. The van der Waals surface area contributed by atoms with Gasteiger partial charge in [-0.3, -0.25) is 0 Å². The number of hydrogen-bond donors (Lipinski definition) is 1. The van der Waals surface area contributed by atoms with Crippen LogP contribution in [0.2, 0.25) is 0 Å². The number of rotatable bonds is 6. The average Bonchev–Trinajstić information content (AvgIpc) is 2.77. The Morgan fingerprint density at radius 2 is 2.11 bits per heavy atom. The maximum Gasteiger partial charge on any atom is 0.203 e. The monoisotopic (exact) mass is 255 g/mol. The van der Waals surface area contributed by atoms with Crippen LogP contribution in [0.3, 0.4) is 0 Å². The first-order valence-corrected chi connectivity index (χ1v) is 6.64. The molecule has 0 radical (unpaired) electrons. The topological polar surface area (TPSA) is 29.9 Å². The van der Waals surface area contributed by atoms with Crippen molar-refractivity contribution in [2.75, 3.05) is 11.9 Å². The van der Waals surface area contributed by atoms with Gasteiger partial charge in [0.1, 0.15) is 0 Å². The normalized spacial score (nSPS) is 12.1. The molecule has 0 bridgehead atoms. The number of nitrogens with zero attached hydrogens (tertiary/aromatic N) is 2. The number of benzene rings is 1. The van der Waals surface area contributed by atoms with Crippen LogP contribution in [0.1, 0.15) is 24.1 Å². The summed E-state index contributed by atoms with van der Waals surface area (Å²) in [5.41, 5.74) is 2.38. The molecule has 0 saturated carbocycles. The molecule has 1 aromatic heterocycles. The van der Waals surface area contributed by atoms with Gasteiger partial charge < -0.3 is 9.88 Å². The number of hydrogen-bond acceptors (Lipinski definition) is 2. The van der Waals surface area contributed by atoms with Crippen molar-refractivity contribution < 1.29 is 0 Å². The second-order valence-corrected chi connectivity index (χ2v) is 4.84. The highest BCUT2D eigenvalue weighted by Gasteiger charge is 2.10. The molecular formula is C16H21N3. The smallest absolute Gasteiger partial charge is 0.203 e. The largest absolute Gasteiger partial charge is 0.352 e. The van der Waals surface area contributed by atoms with Gasteiger partial charge in [-0.05, 0) is 18.4 Å². The SMILES string of the molecule is C=CCNc1nc(C)cn1CC(C)c1ccccc1. The van der Waals surface area contributed by atoms with E-state index in [1.165, 1.54) is 5.56 Å². The highest BCUT2D eigenvalue weighted by atomic mass is 15.2. The van der Waals surface area contributed by atoms with E-state index in [9.17, 15) is 0 Å². The van der Waals surface area contributed by atoms with Crippen molar-refractivity contribution in [3.8, 4) is 0 Å². The van der Waals surface area contributed by atoms with Gasteiger partial charge in [0.15, 0.2) is 0 Å². The van der Waals surface area contributed by atoms with Crippen molar-refractivity contribution in [2.24, 2.45) is 0 Å². The molecule has 3 nitrogen and oxygen atoms in total. The van der Waals surface area contributed by atoms with Gasteiger partial charge in [-0.1, -0.05) is 43.3 Å². The fourth-order valence-corrected chi connectivity index (χ4v) is 2.17. The van der Waals surface area contributed by atoms with Gasteiger partial charge in [-0.25, -0.2) is 4.98 Å². The van der Waals surface area contributed by atoms with Gasteiger partial charge in [0.05, 0.1) is 5.69 Å². The first-order valence-electron chi connectivity index (χ1n) is 6.64. The predicted octanol–water partition coefficient (Wildman–Crippen LogP) is 3.59. The molecule has 0 aliphatic carbocycles. The number of anilines is 1. The zero-order chi connectivity index (χ0) is 13.7. The van der Waals surface area contributed by atoms with E-state index in [4.69, 9.17) is 0 Å². The molecule has 0 aliphatic rings. The van der Waals surface area contributed by atoms with Gasteiger partial charge in [0.2, 0.25) is 5.95 Å². The van der Waals surface area contributed by atoms with E-state index < -0.39 is 0 Å². The minimum atomic E-state index is 0.457. The highest BCUT2D eigenvalue weighted by molar-refractivity contribution is 5.30. The Morgan fingerprint density at radius 1 is 1.37 bits per heavy atom. The van der Waals surface area contributed by atoms with E-state index in [1.54, 1.807) is 0 Å². The van der Waals surface area contributed by atoms with Crippen LogP contribution in [0.5, 0.6) is 0 Å². The van der Waals surface area contributed by atoms with E-state index >= 15 is 0 Å². The Labute approximate surface area is 115 Å². The molecule has 2 aromatic rings. The molecule has 0 amide bonds. The van der Waals surface area contributed by atoms with Crippen LogP contribution in [0.15, 0.2) is 49.2 Å². The molecule has 100 valence electrons. The van der Waals surface area contributed by atoms with Crippen LogP contribution >= 0.6 is 0 Å². The molecule has 0 saturated heterocycles. The number of imidazole rings is 1. The lowest BCUT2D eigenvalue weighted by molar-refractivity contribution is 0.601. The summed E-state index contributed by atoms with van der Waals surface area (Å²) >= 11 is 0. The van der Waals surface area contributed by atoms with Crippen molar-refractivity contribution in [1.82, 2.24) is 9.55 Å². The van der Waals surface area contributed by atoms with E-state index in [0.717, 1.165) is 24.7 Å². The maximum atomic E-state index is 4.50. The van der Waals surface area contributed by atoms with Crippen LogP contribution < -0.4 is 5.32 Å². The molecule has 1 N–H and O–H groups in total. The zero-order valence-corrected chi connectivity index (χ0v) is 11.6. The van der Waals surface area contributed by atoms with Gasteiger partial charge >= 0.3 is 0 Å². The first-order chi connectivity index (χ1) is 9.20. The Hall–Kier alpha value is -2.03. The lowest BCUT2D eigenvalue weighted by Crippen LogP contribution is -2.11. The van der Waals surface area contributed by atoms with Crippen LogP contribution in [0, 0.1) is 6.92 Å². The van der Waals surface area contributed by atoms with Gasteiger partial charge in [-0.2, -0.15) is 0 Å². The highest BCUT2D eigenvalue weighted by Crippen LogP contribution is 2.19. The van der Waals surface area contributed by atoms with Crippen LogP contribution in [-0.4, -0.2) is 16.1 Å². The van der Waals surface area contributed by atoms with Crippen molar-refractivity contribution in [3.63, 3.8) is 0 Å². The third-order valence-corrected chi connectivity index (χ3v) is 3.14. The summed E-state index contributed by atoms with van der Waals surface area (Å²) in [6, 6.07) is 10.6. The van der Waals surface area contributed by atoms with Crippen molar-refractivity contribution in [3.05, 3.63) is 60.4 Å². The van der Waals surface area contributed by atoms with Gasteiger partial charge in [0.25, 0.3) is 0 Å². The predicted molar refractivity (Wildman–Crippen MR) is 80.5 cm³/mol. The third-order valence-electron chi connectivity index (χ3n) is 3.14. The zero-order valence-electron chi connectivity index (χ0n) is 11.6. The van der Waals surface area contributed by atoms with Crippen LogP contribution in [0.25, 0.3) is 0 Å². The molecular weight excluding hydrogens is 234 g/mol. The van der Waals surface area contributed by atoms with Crippen LogP contribution in [0.4, 0.5) is 5.95 Å². The third kappa shape index (κ3) is 3.47. The minimum absolute atomic E-state index is 0.457. The minimum Gasteiger partial charge on any atom is -0.352 e. The molecule has 19 heavy (non-hydrogen) atoms. The van der Waals surface area contributed by atoms with Crippen molar-refractivity contribution in [2.45, 2.75) is 26.3 Å². The molecule has 1 heterocycles. The summed E-state index contributed by atoms with van der Waals surface area (Å²) in [7, 11) is 0. The molecule has 0 spiro atoms. The summed E-state index contributed by atoms with van der Waals surface area (Å²) < 4.78 is 2.18. The lowest BCUT2D eigenvalue weighted by atomic mass is 10.0. The number of nitrogens with one attached hydrogen (secondary N) is 1. The number of aromatic nitrogens is 2. The molecule has 1 unspecified atom stereocenters. The Kier molecular flexibility index (Phi) is 4.39. The summed E-state index contributed by atoms with van der Waals surface area (Å²) in [6.07, 6.45) is 3.93. The first kappa shape index (κ1) is 13.4. The Morgan fingerprint density at radius 3 is 2.79 bits per heavy atom. The van der Waals surface area contributed by atoms with Gasteiger partial charge in [0, 0.05) is 19.3 Å². The fraction of sp³-hybridized carbons (Fsp3) is 0.312. The van der Waals surface area contributed by atoms with E-state index in [0.29, 0.717) is 5.92 Å². The van der Waals surface area contributed by atoms with E-state index in [-0.39, 0.29) is 0 Å². The second kappa shape index (κ2) is 6.23. The summed E-state index contributed by atoms with van der Waals surface area (Å²) in [5.74, 6) is 1.37. The quantitative estimate of drug-likeness (QED) is 0.799. The standard InChI is InChI=1S/C16H21N3/c1-4-10-17-16-18-14(3)12-19(16)11-13(2)15-8-6-5-7-9-15/h4-9,12-13H,1,10-11H2,2-3H3,(H,17,18). The summed E-state index contributed by atoms with van der Waals surface area (Å²) in [6.45, 7) is 9.63. The van der Waals surface area contributed by atoms with E-state index in [2.05, 4.69) is 64.9 Å². The molecule has 2 rings (SSSR count). The van der Waals surface area contributed by atoms with Crippen molar-refractivity contribution >= 4 is 5.95 Å². The lowest BCUT2D eigenvalue weighted by Gasteiger charge is -2.15. The average molecular weight is 255 g/mol. The van der Waals surface area contributed by atoms with E-state index in [1.807, 2.05) is 13.0 Å². The fourth-order valence-electron chi connectivity index (χ4n) is 2.17. The molecule has 1 atom stereocenters. The Balaban J connectivity index is 2.12. The molecule has 3 heteroatoms. The number of aryl methyl sites for hydroxylation is 1. The summed E-state index contributed by atoms with van der Waals surface area (Å²) in [4.78, 5) is 4.50. The molecule has 0 aliphatic heterocycles. The Bertz CT molecular complexity index is 528. The van der Waals surface area contributed by atoms with Crippen molar-refractivity contribution in [1.29, 1.82) is 0 Å².